The topological polar surface area (TPSA) is 46.5 Å². The molecule has 0 aliphatic heterocycles. The number of phenols is 1. The summed E-state index contributed by atoms with van der Waals surface area (Å²) < 4.78 is 5.88. The molecular weight excluding hydrogens is 288 g/mol. The average molecular weight is 306 g/mol. The molecule has 0 unspecified atom stereocenters. The lowest BCUT2D eigenvalue weighted by atomic mass is 10.0. The first-order chi connectivity index (χ1) is 11.1. The van der Waals surface area contributed by atoms with Crippen LogP contribution in [0.3, 0.4) is 0 Å². The molecule has 0 aliphatic rings. The van der Waals surface area contributed by atoms with Crippen LogP contribution in [0.25, 0.3) is 10.8 Å². The van der Waals surface area contributed by atoms with E-state index in [0.29, 0.717) is 23.5 Å². The number of rotatable bonds is 4. The maximum absolute atomic E-state index is 11.5. The third kappa shape index (κ3) is 2.90. The van der Waals surface area contributed by atoms with Crippen molar-refractivity contribution in [3.8, 4) is 11.5 Å². The Morgan fingerprint density at radius 2 is 1.78 bits per heavy atom. The van der Waals surface area contributed by atoms with Crippen molar-refractivity contribution < 1.29 is 14.6 Å². The van der Waals surface area contributed by atoms with Crippen LogP contribution < -0.4 is 4.74 Å². The van der Waals surface area contributed by atoms with E-state index in [-0.39, 0.29) is 11.5 Å². The molecular formula is C20H18O3. The van der Waals surface area contributed by atoms with Gasteiger partial charge in [0.25, 0.3) is 0 Å². The van der Waals surface area contributed by atoms with Gasteiger partial charge in [0.1, 0.15) is 18.1 Å². The molecule has 0 heterocycles. The first-order valence-electron chi connectivity index (χ1n) is 7.51. The van der Waals surface area contributed by atoms with Crippen molar-refractivity contribution in [2.24, 2.45) is 0 Å². The molecule has 0 radical (unpaired) electrons. The number of hydrogen-bond acceptors (Lipinski definition) is 3. The second-order valence-corrected chi connectivity index (χ2v) is 5.57. The first-order valence-corrected chi connectivity index (χ1v) is 7.51. The van der Waals surface area contributed by atoms with Gasteiger partial charge in [0, 0.05) is 5.56 Å². The van der Waals surface area contributed by atoms with Gasteiger partial charge in [-0.2, -0.15) is 0 Å². The maximum atomic E-state index is 11.5. The Hall–Kier alpha value is -2.81. The predicted molar refractivity (Wildman–Crippen MR) is 91.1 cm³/mol. The van der Waals surface area contributed by atoms with Gasteiger partial charge >= 0.3 is 0 Å². The summed E-state index contributed by atoms with van der Waals surface area (Å²) in [6.07, 6.45) is 0. The summed E-state index contributed by atoms with van der Waals surface area (Å²) >= 11 is 0. The van der Waals surface area contributed by atoms with Crippen molar-refractivity contribution in [2.75, 3.05) is 0 Å². The largest absolute Gasteiger partial charge is 0.507 e. The van der Waals surface area contributed by atoms with Crippen molar-refractivity contribution in [2.45, 2.75) is 20.5 Å². The van der Waals surface area contributed by atoms with E-state index in [4.69, 9.17) is 4.74 Å². The molecule has 3 aromatic carbocycles. The fourth-order valence-electron chi connectivity index (χ4n) is 2.70. The van der Waals surface area contributed by atoms with Gasteiger partial charge in [0.2, 0.25) is 0 Å². The molecule has 3 nitrogen and oxygen atoms in total. The van der Waals surface area contributed by atoms with Crippen molar-refractivity contribution in [3.05, 3.63) is 71.3 Å². The number of carbonyl (C=O) groups excluding carboxylic acids is 1. The molecule has 0 saturated carbocycles. The summed E-state index contributed by atoms with van der Waals surface area (Å²) in [6, 6.07) is 17.6. The Morgan fingerprint density at radius 1 is 1.04 bits per heavy atom. The fraction of sp³-hybridized carbons (Fsp3) is 0.150. The summed E-state index contributed by atoms with van der Waals surface area (Å²) in [5.74, 6) is 0.416. The number of fused-ring (bicyclic) bond motifs is 1. The minimum absolute atomic E-state index is 0.00656. The summed E-state index contributed by atoms with van der Waals surface area (Å²) in [7, 11) is 0. The highest BCUT2D eigenvalue weighted by Crippen LogP contribution is 2.31. The third-order valence-electron chi connectivity index (χ3n) is 4.02. The van der Waals surface area contributed by atoms with Crippen LogP contribution in [0.15, 0.2) is 54.6 Å². The molecule has 0 aliphatic carbocycles. The number of carbonyl (C=O) groups is 1. The minimum atomic E-state index is -0.161. The van der Waals surface area contributed by atoms with E-state index in [1.165, 1.54) is 12.3 Å². The summed E-state index contributed by atoms with van der Waals surface area (Å²) in [6.45, 7) is 3.59. The molecule has 23 heavy (non-hydrogen) atoms. The van der Waals surface area contributed by atoms with Crippen LogP contribution in [0.4, 0.5) is 0 Å². The highest BCUT2D eigenvalue weighted by Gasteiger charge is 2.13. The zero-order valence-electron chi connectivity index (χ0n) is 13.2. The van der Waals surface area contributed by atoms with Gasteiger partial charge in [-0.1, -0.05) is 42.5 Å². The van der Waals surface area contributed by atoms with Gasteiger partial charge < -0.3 is 9.84 Å². The third-order valence-corrected chi connectivity index (χ3v) is 4.02. The molecule has 0 bridgehead atoms. The molecule has 0 fully saturated rings. The molecule has 3 heteroatoms. The Bertz CT molecular complexity index is 876. The monoisotopic (exact) mass is 306 g/mol. The zero-order chi connectivity index (χ0) is 16.4. The lowest BCUT2D eigenvalue weighted by molar-refractivity contribution is 0.101. The smallest absolute Gasteiger partial charge is 0.163 e. The number of benzene rings is 3. The van der Waals surface area contributed by atoms with Gasteiger partial charge in [-0.3, -0.25) is 4.79 Å². The molecule has 116 valence electrons. The highest BCUT2D eigenvalue weighted by molar-refractivity contribution is 5.97. The lowest BCUT2D eigenvalue weighted by Gasteiger charge is -2.13. The van der Waals surface area contributed by atoms with Crippen LogP contribution in [0.1, 0.15) is 28.4 Å². The van der Waals surface area contributed by atoms with Crippen molar-refractivity contribution in [1.29, 1.82) is 0 Å². The maximum Gasteiger partial charge on any atom is 0.163 e. The Morgan fingerprint density at radius 3 is 2.57 bits per heavy atom. The standard InChI is InChI=1S/C20H18O3/c1-13-19(11-10-17(14(2)21)20(13)22)23-12-16-8-5-7-15-6-3-4-9-18(15)16/h3-11,22H,12H2,1-2H3. The predicted octanol–water partition coefficient (Wildman–Crippen LogP) is 4.64. The molecule has 1 N–H and O–H groups in total. The van der Waals surface area contributed by atoms with Crippen molar-refractivity contribution in [1.82, 2.24) is 0 Å². The quantitative estimate of drug-likeness (QED) is 0.714. The van der Waals surface area contributed by atoms with Crippen LogP contribution in [-0.4, -0.2) is 10.9 Å². The molecule has 0 amide bonds. The van der Waals surface area contributed by atoms with Crippen molar-refractivity contribution in [3.63, 3.8) is 0 Å². The highest BCUT2D eigenvalue weighted by atomic mass is 16.5. The van der Waals surface area contributed by atoms with E-state index in [0.717, 1.165) is 10.9 Å². The Balaban J connectivity index is 1.88. The number of aromatic hydroxyl groups is 1. The van der Waals surface area contributed by atoms with E-state index in [2.05, 4.69) is 18.2 Å². The number of Topliss-reactive ketones (excluding diaryl/α,β-unsaturated/α-hetero) is 1. The molecule has 3 aromatic rings. The normalized spacial score (nSPS) is 10.7. The van der Waals surface area contributed by atoms with E-state index in [1.54, 1.807) is 19.1 Å². The van der Waals surface area contributed by atoms with E-state index in [1.807, 2.05) is 24.3 Å². The van der Waals surface area contributed by atoms with Crippen LogP contribution in [-0.2, 0) is 6.61 Å². The van der Waals surface area contributed by atoms with E-state index >= 15 is 0 Å². The zero-order valence-corrected chi connectivity index (χ0v) is 13.2. The van der Waals surface area contributed by atoms with Crippen molar-refractivity contribution >= 4 is 16.6 Å². The second-order valence-electron chi connectivity index (χ2n) is 5.57. The van der Waals surface area contributed by atoms with Gasteiger partial charge in [-0.15, -0.1) is 0 Å². The van der Waals surface area contributed by atoms with Crippen LogP contribution in [0.2, 0.25) is 0 Å². The van der Waals surface area contributed by atoms with Gasteiger partial charge in [-0.25, -0.2) is 0 Å². The fourth-order valence-corrected chi connectivity index (χ4v) is 2.70. The summed E-state index contributed by atoms with van der Waals surface area (Å²) in [5.41, 5.74) is 1.98. The average Bonchev–Trinajstić information content (AvgIpc) is 2.56. The van der Waals surface area contributed by atoms with Gasteiger partial charge in [-0.05, 0) is 42.3 Å². The lowest BCUT2D eigenvalue weighted by Crippen LogP contribution is -2.00. The number of phenolic OH excluding ortho intramolecular Hbond substituents is 1. The van der Waals surface area contributed by atoms with Crippen LogP contribution in [0.5, 0.6) is 11.5 Å². The molecule has 0 atom stereocenters. The van der Waals surface area contributed by atoms with Crippen LogP contribution >= 0.6 is 0 Å². The molecule has 0 saturated heterocycles. The van der Waals surface area contributed by atoms with Gasteiger partial charge in [0.05, 0.1) is 5.56 Å². The van der Waals surface area contributed by atoms with Crippen LogP contribution in [0, 0.1) is 6.92 Å². The van der Waals surface area contributed by atoms with E-state index < -0.39 is 0 Å². The van der Waals surface area contributed by atoms with E-state index in [9.17, 15) is 9.90 Å². The molecule has 0 aromatic heterocycles. The Kier molecular flexibility index (Phi) is 4.02. The second kappa shape index (κ2) is 6.13. The summed E-state index contributed by atoms with van der Waals surface area (Å²) in [5, 5.41) is 12.4. The van der Waals surface area contributed by atoms with Gasteiger partial charge in [0.15, 0.2) is 5.78 Å². The summed E-state index contributed by atoms with van der Waals surface area (Å²) in [4.78, 5) is 11.5. The first kappa shape index (κ1) is 15.1. The SMILES string of the molecule is CC(=O)c1ccc(OCc2cccc3ccccc23)c(C)c1O. The minimum Gasteiger partial charge on any atom is -0.507 e. The number of hydrogen-bond donors (Lipinski definition) is 1. The number of ketones is 1. The molecule has 3 rings (SSSR count). The molecule has 0 spiro atoms. The Labute approximate surface area is 135 Å². The number of ether oxygens (including phenoxy) is 1.